The molecule has 0 spiro atoms. The first-order chi connectivity index (χ1) is 10.3. The molecule has 0 rings (SSSR count). The highest BCUT2D eigenvalue weighted by Gasteiger charge is 2.52. The highest BCUT2D eigenvalue weighted by molar-refractivity contribution is 5.84. The first-order valence-corrected chi connectivity index (χ1v) is 9.45. The molecule has 0 saturated carbocycles. The lowest BCUT2D eigenvalue weighted by atomic mass is 9.53. The van der Waals surface area contributed by atoms with Crippen molar-refractivity contribution >= 4 is 5.78 Å². The van der Waals surface area contributed by atoms with Gasteiger partial charge in [0.15, 0.2) is 0 Å². The normalized spacial score (nSPS) is 16.0. The van der Waals surface area contributed by atoms with Crippen molar-refractivity contribution in [3.05, 3.63) is 0 Å². The van der Waals surface area contributed by atoms with E-state index in [0.29, 0.717) is 11.8 Å². The van der Waals surface area contributed by atoms with Gasteiger partial charge in [0.2, 0.25) is 0 Å². The molecular weight excluding hydrogens is 296 g/mol. The Balaban J connectivity index is 5.93. The molecule has 0 aliphatic carbocycles. The highest BCUT2D eigenvalue weighted by Crippen LogP contribution is 2.50. The largest absolute Gasteiger partial charge is 0.325 e. The van der Waals surface area contributed by atoms with Crippen LogP contribution >= 0.6 is 0 Å². The van der Waals surface area contributed by atoms with Crippen molar-refractivity contribution in [2.24, 2.45) is 28.4 Å². The second-order valence-corrected chi connectivity index (χ2v) is 10.8. The van der Waals surface area contributed by atoms with E-state index in [9.17, 15) is 4.79 Å². The molecule has 144 valence electrons. The van der Waals surface area contributed by atoms with E-state index in [-0.39, 0.29) is 28.2 Å². The van der Waals surface area contributed by atoms with Gasteiger partial charge in [-0.05, 0) is 44.9 Å². The maximum Gasteiger partial charge on any atom is 0.139 e. The Morgan fingerprint density at radius 3 is 1.62 bits per heavy atom. The zero-order valence-electron chi connectivity index (χ0n) is 18.4. The van der Waals surface area contributed by atoms with Gasteiger partial charge in [0.05, 0.1) is 0 Å². The van der Waals surface area contributed by atoms with E-state index in [1.807, 2.05) is 27.7 Å². The lowest BCUT2D eigenvalue weighted by Crippen LogP contribution is -2.59. The molecule has 0 aromatic rings. The van der Waals surface area contributed by atoms with Crippen LogP contribution in [-0.2, 0) is 4.79 Å². The topological polar surface area (TPSA) is 55.1 Å². The minimum Gasteiger partial charge on any atom is -0.325 e. The van der Waals surface area contributed by atoms with Crippen LogP contribution in [0.15, 0.2) is 0 Å². The average molecular weight is 341 g/mol. The van der Waals surface area contributed by atoms with E-state index < -0.39 is 5.54 Å². The number of hydrogen-bond acceptors (Lipinski definition) is 3. The van der Waals surface area contributed by atoms with Crippen LogP contribution in [0.2, 0.25) is 0 Å². The van der Waals surface area contributed by atoms with Crippen molar-refractivity contribution in [1.29, 1.82) is 0 Å². The Morgan fingerprint density at radius 1 is 0.917 bits per heavy atom. The first-order valence-electron chi connectivity index (χ1n) is 9.45. The molecule has 3 N–H and O–H groups in total. The monoisotopic (exact) mass is 340 g/mol. The number of rotatable bonds is 9. The van der Waals surface area contributed by atoms with Gasteiger partial charge in [-0.3, -0.25) is 4.79 Å². The third-order valence-corrected chi connectivity index (χ3v) is 5.59. The molecule has 1 unspecified atom stereocenters. The molecule has 0 heterocycles. The third kappa shape index (κ3) is 5.84. The SMILES string of the molecule is CC(C)NC(C)(C)CC(C)(C)C(C(=O)C(C)C)C(C)(C)C(C)(C)N. The van der Waals surface area contributed by atoms with Crippen LogP contribution in [0.5, 0.6) is 0 Å². The molecule has 0 aromatic heterocycles. The number of nitrogens with two attached hydrogens (primary N) is 1. The molecule has 0 radical (unpaired) electrons. The maximum absolute atomic E-state index is 13.2. The first kappa shape index (κ1) is 23.6. The lowest BCUT2D eigenvalue weighted by molar-refractivity contribution is -0.139. The maximum atomic E-state index is 13.2. The molecule has 0 amide bonds. The fourth-order valence-corrected chi connectivity index (χ4v) is 4.50. The summed E-state index contributed by atoms with van der Waals surface area (Å²) in [5.74, 6) is 0.235. The molecule has 1 atom stereocenters. The summed E-state index contributed by atoms with van der Waals surface area (Å²) >= 11 is 0. The van der Waals surface area contributed by atoms with Crippen LogP contribution in [0.1, 0.15) is 89.5 Å². The average Bonchev–Trinajstić information content (AvgIpc) is 2.21. The number of carbonyl (C=O) groups is 1. The molecule has 3 nitrogen and oxygen atoms in total. The summed E-state index contributed by atoms with van der Waals surface area (Å²) in [6, 6.07) is 0.411. The number of nitrogens with one attached hydrogen (secondary N) is 1. The Morgan fingerprint density at radius 2 is 1.33 bits per heavy atom. The molecule has 0 aliphatic heterocycles. The van der Waals surface area contributed by atoms with Crippen LogP contribution in [0, 0.1) is 22.7 Å². The van der Waals surface area contributed by atoms with Crippen LogP contribution in [0.25, 0.3) is 0 Å². The van der Waals surface area contributed by atoms with Gasteiger partial charge < -0.3 is 11.1 Å². The Labute approximate surface area is 151 Å². The second kappa shape index (κ2) is 7.45. The summed E-state index contributed by atoms with van der Waals surface area (Å²) in [4.78, 5) is 13.2. The van der Waals surface area contributed by atoms with Gasteiger partial charge in [0.1, 0.15) is 5.78 Å². The minimum absolute atomic E-state index is 0.0112. The predicted molar refractivity (Wildman–Crippen MR) is 106 cm³/mol. The van der Waals surface area contributed by atoms with Gasteiger partial charge in [0, 0.05) is 29.0 Å². The van der Waals surface area contributed by atoms with E-state index in [1.165, 1.54) is 0 Å². The van der Waals surface area contributed by atoms with Gasteiger partial charge >= 0.3 is 0 Å². The quantitative estimate of drug-likeness (QED) is 0.635. The molecule has 0 saturated heterocycles. The Kier molecular flexibility index (Phi) is 7.32. The molecule has 0 bridgehead atoms. The Hall–Kier alpha value is -0.410. The number of Topliss-reactive ketones (excluding diaryl/α,β-unsaturated/α-hetero) is 1. The lowest BCUT2D eigenvalue weighted by Gasteiger charge is -2.52. The Bertz CT molecular complexity index is 426. The summed E-state index contributed by atoms with van der Waals surface area (Å²) in [5, 5.41) is 3.65. The van der Waals surface area contributed by atoms with Gasteiger partial charge in [0.25, 0.3) is 0 Å². The van der Waals surface area contributed by atoms with E-state index in [0.717, 1.165) is 6.42 Å². The smallest absolute Gasteiger partial charge is 0.139 e. The van der Waals surface area contributed by atoms with Crippen molar-refractivity contribution in [2.75, 3.05) is 0 Å². The van der Waals surface area contributed by atoms with Crippen molar-refractivity contribution in [1.82, 2.24) is 5.32 Å². The number of carbonyl (C=O) groups excluding carboxylic acids is 1. The standard InChI is InChI=1S/C21H44N2O/c1-14(2)16(24)17(20(9,10)21(11,12)22)18(5,6)13-19(7,8)23-15(3)4/h14-15,17,23H,13,22H2,1-12H3. The van der Waals surface area contributed by atoms with Crippen LogP contribution < -0.4 is 11.1 Å². The van der Waals surface area contributed by atoms with Crippen LogP contribution in [0.3, 0.4) is 0 Å². The molecule has 0 aliphatic rings. The zero-order valence-corrected chi connectivity index (χ0v) is 18.4. The van der Waals surface area contributed by atoms with Gasteiger partial charge in [-0.2, -0.15) is 0 Å². The summed E-state index contributed by atoms with van der Waals surface area (Å²) in [6.45, 7) is 25.7. The van der Waals surface area contributed by atoms with E-state index in [4.69, 9.17) is 5.73 Å². The van der Waals surface area contributed by atoms with Crippen molar-refractivity contribution < 1.29 is 4.79 Å². The third-order valence-electron chi connectivity index (χ3n) is 5.59. The number of ketones is 1. The van der Waals surface area contributed by atoms with E-state index >= 15 is 0 Å². The number of hydrogen-bond donors (Lipinski definition) is 2. The fourth-order valence-electron chi connectivity index (χ4n) is 4.50. The molecule has 0 fully saturated rings. The van der Waals surface area contributed by atoms with E-state index in [1.54, 1.807) is 0 Å². The van der Waals surface area contributed by atoms with Crippen molar-refractivity contribution in [2.45, 2.75) is 107 Å². The molecular formula is C21H44N2O. The molecule has 0 aromatic carbocycles. The van der Waals surface area contributed by atoms with Crippen molar-refractivity contribution in [3.8, 4) is 0 Å². The van der Waals surface area contributed by atoms with E-state index in [2.05, 4.69) is 60.7 Å². The zero-order chi connectivity index (χ0) is 19.7. The summed E-state index contributed by atoms with van der Waals surface area (Å²) in [6.07, 6.45) is 0.917. The van der Waals surface area contributed by atoms with Gasteiger partial charge in [-0.15, -0.1) is 0 Å². The predicted octanol–water partition coefficient (Wildman–Crippen LogP) is 4.78. The highest BCUT2D eigenvalue weighted by atomic mass is 16.1. The summed E-state index contributed by atoms with van der Waals surface area (Å²) in [7, 11) is 0. The summed E-state index contributed by atoms with van der Waals surface area (Å²) in [5.41, 5.74) is 5.59. The second-order valence-electron chi connectivity index (χ2n) is 10.8. The van der Waals surface area contributed by atoms with Gasteiger partial charge in [-0.25, -0.2) is 0 Å². The van der Waals surface area contributed by atoms with Crippen molar-refractivity contribution in [3.63, 3.8) is 0 Å². The van der Waals surface area contributed by atoms with Gasteiger partial charge in [-0.1, -0.05) is 55.4 Å². The molecule has 24 heavy (non-hydrogen) atoms. The molecule has 3 heteroatoms. The fraction of sp³-hybridized carbons (Fsp3) is 0.952. The van der Waals surface area contributed by atoms with Crippen LogP contribution in [0.4, 0.5) is 0 Å². The minimum atomic E-state index is -0.435. The van der Waals surface area contributed by atoms with Crippen LogP contribution in [-0.4, -0.2) is 22.9 Å². The summed E-state index contributed by atoms with van der Waals surface area (Å²) < 4.78 is 0.